The Morgan fingerprint density at radius 2 is 2.07 bits per heavy atom. The summed E-state index contributed by atoms with van der Waals surface area (Å²) in [4.78, 5) is 2.52. The summed E-state index contributed by atoms with van der Waals surface area (Å²) in [5, 5.41) is 3.43. The maximum absolute atomic E-state index is 5.11. The molecule has 1 aliphatic heterocycles. The minimum Gasteiger partial charge on any atom is -0.383 e. The molecule has 90 valence electrons. The first-order chi connectivity index (χ1) is 7.38. The Morgan fingerprint density at radius 3 is 2.80 bits per heavy atom. The van der Waals surface area contributed by atoms with E-state index in [1.807, 2.05) is 0 Å². The monoisotopic (exact) mass is 216 g/mol. The number of ether oxygens (including phenoxy) is 2. The van der Waals surface area contributed by atoms with E-state index in [1.165, 1.54) is 19.4 Å². The van der Waals surface area contributed by atoms with Gasteiger partial charge >= 0.3 is 0 Å². The fourth-order valence-electron chi connectivity index (χ4n) is 2.07. The third kappa shape index (κ3) is 4.93. The van der Waals surface area contributed by atoms with Gasteiger partial charge in [-0.05, 0) is 19.4 Å². The molecule has 0 aromatic carbocycles. The van der Waals surface area contributed by atoms with Crippen LogP contribution in [-0.2, 0) is 9.47 Å². The summed E-state index contributed by atoms with van der Waals surface area (Å²) >= 11 is 0. The molecule has 4 heteroatoms. The van der Waals surface area contributed by atoms with Crippen LogP contribution in [-0.4, -0.2) is 64.6 Å². The van der Waals surface area contributed by atoms with E-state index in [0.29, 0.717) is 6.04 Å². The Bertz CT molecular complexity index is 156. The Hall–Kier alpha value is -0.160. The van der Waals surface area contributed by atoms with Crippen LogP contribution in [0.1, 0.15) is 12.8 Å². The van der Waals surface area contributed by atoms with Gasteiger partial charge in [-0.15, -0.1) is 0 Å². The van der Waals surface area contributed by atoms with E-state index >= 15 is 0 Å². The molecule has 1 rings (SSSR count). The molecule has 0 bridgehead atoms. The largest absolute Gasteiger partial charge is 0.383 e. The van der Waals surface area contributed by atoms with Crippen molar-refractivity contribution in [2.45, 2.75) is 18.9 Å². The highest BCUT2D eigenvalue weighted by atomic mass is 16.5. The maximum Gasteiger partial charge on any atom is 0.0589 e. The molecule has 1 fully saturated rings. The molecule has 0 spiro atoms. The molecule has 4 nitrogen and oxygen atoms in total. The molecule has 15 heavy (non-hydrogen) atoms. The van der Waals surface area contributed by atoms with Crippen molar-refractivity contribution in [3.05, 3.63) is 0 Å². The molecular weight excluding hydrogens is 192 g/mol. The van der Waals surface area contributed by atoms with Crippen molar-refractivity contribution < 1.29 is 9.47 Å². The lowest BCUT2D eigenvalue weighted by Crippen LogP contribution is -2.40. The molecule has 0 aromatic rings. The molecule has 0 radical (unpaired) electrons. The fourth-order valence-corrected chi connectivity index (χ4v) is 2.07. The number of likely N-dealkylation sites (tertiary alicyclic amines) is 1. The molecule has 0 aliphatic carbocycles. The van der Waals surface area contributed by atoms with Gasteiger partial charge in [0.15, 0.2) is 0 Å². The summed E-state index contributed by atoms with van der Waals surface area (Å²) in [6, 6.07) is 0.692. The molecule has 1 aliphatic rings. The van der Waals surface area contributed by atoms with Gasteiger partial charge in [0.1, 0.15) is 0 Å². The fraction of sp³-hybridized carbons (Fsp3) is 1.00. The van der Waals surface area contributed by atoms with Gasteiger partial charge in [-0.3, -0.25) is 4.90 Å². The topological polar surface area (TPSA) is 33.7 Å². The summed E-state index contributed by atoms with van der Waals surface area (Å²) in [7, 11) is 3.50. The summed E-state index contributed by atoms with van der Waals surface area (Å²) in [6.07, 6.45) is 2.63. The first-order valence-corrected chi connectivity index (χ1v) is 5.81. The first-order valence-electron chi connectivity index (χ1n) is 5.81. The van der Waals surface area contributed by atoms with Crippen LogP contribution in [0.4, 0.5) is 0 Å². The van der Waals surface area contributed by atoms with Crippen LogP contribution in [0.2, 0.25) is 0 Å². The predicted octanol–water partition coefficient (Wildman–Crippen LogP) is 0.333. The van der Waals surface area contributed by atoms with E-state index in [1.54, 1.807) is 14.2 Å². The number of nitrogens with zero attached hydrogens (tertiary/aromatic N) is 1. The smallest absolute Gasteiger partial charge is 0.0589 e. The second kappa shape index (κ2) is 8.05. The summed E-state index contributed by atoms with van der Waals surface area (Å²) in [6.45, 7) is 5.95. The number of hydrogen-bond donors (Lipinski definition) is 1. The Labute approximate surface area is 92.9 Å². The van der Waals surface area contributed by atoms with E-state index < -0.39 is 0 Å². The molecule has 0 aromatic heterocycles. The standard InChI is InChI=1S/C11H24N2O2/c1-14-8-5-12-10-11-4-3-6-13(11)7-9-15-2/h11-12H,3-10H2,1-2H3. The van der Waals surface area contributed by atoms with Gasteiger partial charge < -0.3 is 14.8 Å². The lowest BCUT2D eigenvalue weighted by molar-refractivity contribution is 0.138. The lowest BCUT2D eigenvalue weighted by atomic mass is 10.2. The van der Waals surface area contributed by atoms with Gasteiger partial charge in [0.25, 0.3) is 0 Å². The van der Waals surface area contributed by atoms with Gasteiger partial charge in [-0.2, -0.15) is 0 Å². The normalized spacial score (nSPS) is 22.4. The van der Waals surface area contributed by atoms with Gasteiger partial charge in [-0.1, -0.05) is 0 Å². The van der Waals surface area contributed by atoms with Crippen LogP contribution in [0, 0.1) is 0 Å². The van der Waals surface area contributed by atoms with Gasteiger partial charge in [0.2, 0.25) is 0 Å². The van der Waals surface area contributed by atoms with Crippen molar-refractivity contribution in [3.63, 3.8) is 0 Å². The average Bonchev–Trinajstić information content (AvgIpc) is 2.69. The minimum atomic E-state index is 0.692. The van der Waals surface area contributed by atoms with E-state index in [-0.39, 0.29) is 0 Å². The minimum absolute atomic E-state index is 0.692. The van der Waals surface area contributed by atoms with Crippen LogP contribution in [0.15, 0.2) is 0 Å². The van der Waals surface area contributed by atoms with Crippen molar-refractivity contribution >= 4 is 0 Å². The zero-order chi connectivity index (χ0) is 10.9. The van der Waals surface area contributed by atoms with Crippen LogP contribution >= 0.6 is 0 Å². The van der Waals surface area contributed by atoms with Gasteiger partial charge in [0, 0.05) is 39.9 Å². The van der Waals surface area contributed by atoms with Crippen LogP contribution in [0.25, 0.3) is 0 Å². The van der Waals surface area contributed by atoms with E-state index in [9.17, 15) is 0 Å². The Balaban J connectivity index is 2.09. The summed E-state index contributed by atoms with van der Waals surface area (Å²) < 4.78 is 10.1. The second-order valence-electron chi connectivity index (χ2n) is 4.02. The molecule has 1 saturated heterocycles. The molecule has 1 heterocycles. The van der Waals surface area contributed by atoms with Gasteiger partial charge in [0.05, 0.1) is 13.2 Å². The predicted molar refractivity (Wildman–Crippen MR) is 61.2 cm³/mol. The summed E-state index contributed by atoms with van der Waals surface area (Å²) in [5.74, 6) is 0. The van der Waals surface area contributed by atoms with Crippen molar-refractivity contribution in [2.24, 2.45) is 0 Å². The average molecular weight is 216 g/mol. The molecular formula is C11H24N2O2. The number of rotatable bonds is 8. The third-order valence-corrected chi connectivity index (χ3v) is 2.94. The highest BCUT2D eigenvalue weighted by Crippen LogP contribution is 2.15. The van der Waals surface area contributed by atoms with Crippen molar-refractivity contribution in [1.29, 1.82) is 0 Å². The van der Waals surface area contributed by atoms with E-state index in [4.69, 9.17) is 9.47 Å². The molecule has 1 unspecified atom stereocenters. The van der Waals surface area contributed by atoms with Crippen LogP contribution in [0.3, 0.4) is 0 Å². The SMILES string of the molecule is COCCNCC1CCCN1CCOC. The van der Waals surface area contributed by atoms with Crippen molar-refractivity contribution in [1.82, 2.24) is 10.2 Å². The first kappa shape index (κ1) is 12.9. The molecule has 0 amide bonds. The Morgan fingerprint density at radius 1 is 1.27 bits per heavy atom. The molecule has 0 saturated carbocycles. The second-order valence-corrected chi connectivity index (χ2v) is 4.02. The number of hydrogen-bond acceptors (Lipinski definition) is 4. The number of methoxy groups -OCH3 is 2. The quantitative estimate of drug-likeness (QED) is 0.593. The maximum atomic E-state index is 5.11. The summed E-state index contributed by atoms with van der Waals surface area (Å²) in [5.41, 5.74) is 0. The zero-order valence-corrected chi connectivity index (χ0v) is 10.00. The van der Waals surface area contributed by atoms with Crippen molar-refractivity contribution in [3.8, 4) is 0 Å². The van der Waals surface area contributed by atoms with Gasteiger partial charge in [-0.25, -0.2) is 0 Å². The van der Waals surface area contributed by atoms with E-state index in [2.05, 4.69) is 10.2 Å². The highest BCUT2D eigenvalue weighted by Gasteiger charge is 2.23. The van der Waals surface area contributed by atoms with E-state index in [0.717, 1.165) is 32.8 Å². The highest BCUT2D eigenvalue weighted by molar-refractivity contribution is 4.80. The lowest BCUT2D eigenvalue weighted by Gasteiger charge is -2.24. The Kier molecular flexibility index (Phi) is 6.92. The zero-order valence-electron chi connectivity index (χ0n) is 10.00. The van der Waals surface area contributed by atoms with Crippen LogP contribution < -0.4 is 5.32 Å². The molecule has 1 N–H and O–H groups in total. The third-order valence-electron chi connectivity index (χ3n) is 2.94. The number of nitrogens with one attached hydrogen (secondary N) is 1. The molecule has 1 atom stereocenters. The van der Waals surface area contributed by atoms with Crippen molar-refractivity contribution in [2.75, 3.05) is 53.6 Å². The van der Waals surface area contributed by atoms with Crippen LogP contribution in [0.5, 0.6) is 0 Å².